The summed E-state index contributed by atoms with van der Waals surface area (Å²) in [6, 6.07) is 0.818. The van der Waals surface area contributed by atoms with Gasteiger partial charge in [-0.15, -0.1) is 0 Å². The molecule has 2 aliphatic rings. The summed E-state index contributed by atoms with van der Waals surface area (Å²) in [5.74, 6) is 0. The van der Waals surface area contributed by atoms with Gasteiger partial charge < -0.3 is 10.1 Å². The van der Waals surface area contributed by atoms with Gasteiger partial charge in [0, 0.05) is 30.5 Å². The number of nitrogens with one attached hydrogen (secondary N) is 1. The molecule has 1 aromatic heterocycles. The smallest absolute Gasteiger partial charge is 0.115 e. The Morgan fingerprint density at radius 1 is 1.44 bits per heavy atom. The van der Waals surface area contributed by atoms with E-state index < -0.39 is 0 Å². The molecule has 2 saturated heterocycles. The standard InChI is InChI=1S/C13H20N4O/c1-14-13(10-5-15-9-16-6-10)12-7-17-4-2-3-11(17)8-18-12/h5-6,9,11-14H,2-4,7-8H2,1H3. The van der Waals surface area contributed by atoms with Crippen LogP contribution in [-0.4, -0.2) is 53.8 Å². The minimum Gasteiger partial charge on any atom is -0.373 e. The van der Waals surface area contributed by atoms with Crippen molar-refractivity contribution in [3.05, 3.63) is 24.3 Å². The SMILES string of the molecule is CNC(c1cncnc1)C1CN2CCCC2CO1. The molecule has 3 rings (SSSR count). The maximum Gasteiger partial charge on any atom is 0.115 e. The molecule has 18 heavy (non-hydrogen) atoms. The average molecular weight is 248 g/mol. The van der Waals surface area contributed by atoms with Gasteiger partial charge in [0.25, 0.3) is 0 Å². The zero-order valence-electron chi connectivity index (χ0n) is 10.7. The van der Waals surface area contributed by atoms with E-state index in [1.165, 1.54) is 19.4 Å². The number of aromatic nitrogens is 2. The first-order valence-corrected chi connectivity index (χ1v) is 6.66. The fourth-order valence-corrected chi connectivity index (χ4v) is 3.08. The molecule has 0 aliphatic carbocycles. The lowest BCUT2D eigenvalue weighted by Gasteiger charge is -2.38. The topological polar surface area (TPSA) is 50.3 Å². The first-order valence-electron chi connectivity index (χ1n) is 6.66. The molecule has 3 unspecified atom stereocenters. The van der Waals surface area contributed by atoms with Crippen LogP contribution < -0.4 is 5.32 Å². The maximum absolute atomic E-state index is 6.04. The minimum atomic E-state index is 0.174. The van der Waals surface area contributed by atoms with Gasteiger partial charge in [0.05, 0.1) is 18.8 Å². The molecule has 0 amide bonds. The van der Waals surface area contributed by atoms with E-state index in [1.54, 1.807) is 6.33 Å². The van der Waals surface area contributed by atoms with E-state index in [0.29, 0.717) is 6.04 Å². The molecule has 0 radical (unpaired) electrons. The molecule has 3 atom stereocenters. The second-order valence-electron chi connectivity index (χ2n) is 5.10. The number of hydrogen-bond donors (Lipinski definition) is 1. The van der Waals surface area contributed by atoms with Crippen LogP contribution in [0.2, 0.25) is 0 Å². The number of rotatable bonds is 3. The van der Waals surface area contributed by atoms with Crippen LogP contribution in [0.25, 0.3) is 0 Å². The van der Waals surface area contributed by atoms with Gasteiger partial charge in [-0.2, -0.15) is 0 Å². The van der Waals surface area contributed by atoms with Crippen molar-refractivity contribution in [1.29, 1.82) is 0 Å². The number of fused-ring (bicyclic) bond motifs is 1. The highest BCUT2D eigenvalue weighted by Gasteiger charge is 2.35. The summed E-state index contributed by atoms with van der Waals surface area (Å²) in [4.78, 5) is 10.7. The maximum atomic E-state index is 6.04. The van der Waals surface area contributed by atoms with E-state index in [4.69, 9.17) is 4.74 Å². The van der Waals surface area contributed by atoms with E-state index in [9.17, 15) is 0 Å². The molecule has 0 aromatic carbocycles. The van der Waals surface area contributed by atoms with Gasteiger partial charge in [0.2, 0.25) is 0 Å². The molecule has 0 saturated carbocycles. The first-order chi connectivity index (χ1) is 8.88. The summed E-state index contributed by atoms with van der Waals surface area (Å²) < 4.78 is 6.04. The normalized spacial score (nSPS) is 30.1. The van der Waals surface area contributed by atoms with Gasteiger partial charge in [-0.1, -0.05) is 0 Å². The highest BCUT2D eigenvalue weighted by molar-refractivity contribution is 5.12. The third-order valence-electron chi connectivity index (χ3n) is 4.04. The summed E-state index contributed by atoms with van der Waals surface area (Å²) in [6.07, 6.45) is 8.08. The van der Waals surface area contributed by atoms with E-state index >= 15 is 0 Å². The molecule has 2 fully saturated rings. The lowest BCUT2D eigenvalue weighted by molar-refractivity contribution is -0.0643. The van der Waals surface area contributed by atoms with Gasteiger partial charge in [-0.3, -0.25) is 4.90 Å². The molecule has 98 valence electrons. The van der Waals surface area contributed by atoms with Crippen molar-refractivity contribution < 1.29 is 4.74 Å². The Bertz CT molecular complexity index is 386. The van der Waals surface area contributed by atoms with E-state index in [1.807, 2.05) is 19.4 Å². The van der Waals surface area contributed by atoms with Crippen molar-refractivity contribution in [1.82, 2.24) is 20.2 Å². The average Bonchev–Trinajstić information content (AvgIpc) is 2.88. The van der Waals surface area contributed by atoms with Crippen molar-refractivity contribution in [2.45, 2.75) is 31.0 Å². The molecular formula is C13H20N4O. The molecular weight excluding hydrogens is 228 g/mol. The molecule has 0 bridgehead atoms. The Labute approximate surface area is 108 Å². The van der Waals surface area contributed by atoms with Gasteiger partial charge >= 0.3 is 0 Å². The van der Waals surface area contributed by atoms with Crippen molar-refractivity contribution in [3.8, 4) is 0 Å². The monoisotopic (exact) mass is 248 g/mol. The number of nitrogens with zero attached hydrogens (tertiary/aromatic N) is 3. The zero-order valence-corrected chi connectivity index (χ0v) is 10.7. The van der Waals surface area contributed by atoms with Crippen LogP contribution in [-0.2, 0) is 4.74 Å². The molecule has 1 aromatic rings. The summed E-state index contributed by atoms with van der Waals surface area (Å²) in [5.41, 5.74) is 1.10. The Morgan fingerprint density at radius 2 is 2.28 bits per heavy atom. The highest BCUT2D eigenvalue weighted by Crippen LogP contribution is 2.28. The van der Waals surface area contributed by atoms with Crippen molar-refractivity contribution in [3.63, 3.8) is 0 Å². The van der Waals surface area contributed by atoms with Crippen LogP contribution in [0, 0.1) is 0 Å². The Kier molecular flexibility index (Phi) is 3.54. The second kappa shape index (κ2) is 5.30. The van der Waals surface area contributed by atoms with Crippen LogP contribution in [0.1, 0.15) is 24.4 Å². The number of morpholine rings is 1. The third kappa shape index (κ3) is 2.25. The molecule has 5 heteroatoms. The van der Waals surface area contributed by atoms with E-state index in [0.717, 1.165) is 18.7 Å². The van der Waals surface area contributed by atoms with Crippen molar-refractivity contribution in [2.24, 2.45) is 0 Å². The van der Waals surface area contributed by atoms with Crippen molar-refractivity contribution in [2.75, 3.05) is 26.7 Å². The molecule has 1 N–H and O–H groups in total. The number of hydrogen-bond acceptors (Lipinski definition) is 5. The Hall–Kier alpha value is -1.04. The van der Waals surface area contributed by atoms with Crippen LogP contribution in [0.4, 0.5) is 0 Å². The lowest BCUT2D eigenvalue weighted by atomic mass is 10.0. The van der Waals surface area contributed by atoms with Gasteiger partial charge in [-0.25, -0.2) is 9.97 Å². The number of likely N-dealkylation sites (N-methyl/N-ethyl adjacent to an activating group) is 1. The first kappa shape index (κ1) is 12.0. The van der Waals surface area contributed by atoms with Crippen LogP contribution in [0.5, 0.6) is 0 Å². The summed E-state index contributed by atoms with van der Waals surface area (Å²) in [5, 5.41) is 3.34. The predicted molar refractivity (Wildman–Crippen MR) is 68.2 cm³/mol. The quantitative estimate of drug-likeness (QED) is 0.849. The largest absolute Gasteiger partial charge is 0.373 e. The van der Waals surface area contributed by atoms with Gasteiger partial charge in [0.15, 0.2) is 0 Å². The summed E-state index contributed by atoms with van der Waals surface area (Å²) >= 11 is 0. The molecule has 5 nitrogen and oxygen atoms in total. The zero-order chi connectivity index (χ0) is 12.4. The minimum absolute atomic E-state index is 0.174. The van der Waals surface area contributed by atoms with Gasteiger partial charge in [-0.05, 0) is 26.4 Å². The van der Waals surface area contributed by atoms with Crippen LogP contribution in [0.3, 0.4) is 0 Å². The fourth-order valence-electron chi connectivity index (χ4n) is 3.08. The third-order valence-corrected chi connectivity index (χ3v) is 4.04. The Morgan fingerprint density at radius 3 is 3.06 bits per heavy atom. The summed E-state index contributed by atoms with van der Waals surface area (Å²) in [6.45, 7) is 3.08. The second-order valence-corrected chi connectivity index (χ2v) is 5.10. The van der Waals surface area contributed by atoms with Gasteiger partial charge in [0.1, 0.15) is 6.33 Å². The van der Waals surface area contributed by atoms with Crippen LogP contribution >= 0.6 is 0 Å². The van der Waals surface area contributed by atoms with E-state index in [2.05, 4.69) is 20.2 Å². The molecule has 0 spiro atoms. The lowest BCUT2D eigenvalue weighted by Crippen LogP contribution is -2.50. The Balaban J connectivity index is 1.72. The van der Waals surface area contributed by atoms with Crippen LogP contribution in [0.15, 0.2) is 18.7 Å². The molecule has 3 heterocycles. The van der Waals surface area contributed by atoms with Crippen molar-refractivity contribution >= 4 is 0 Å². The predicted octanol–water partition coefficient (Wildman–Crippen LogP) is 0.600. The summed E-state index contributed by atoms with van der Waals surface area (Å²) in [7, 11) is 1.97. The van der Waals surface area contributed by atoms with E-state index in [-0.39, 0.29) is 12.1 Å². The highest BCUT2D eigenvalue weighted by atomic mass is 16.5. The molecule has 2 aliphatic heterocycles. The fraction of sp³-hybridized carbons (Fsp3) is 0.692. The number of ether oxygens (including phenoxy) is 1.